The number of aryl methyl sites for hydroxylation is 1. The molecule has 2 aromatic rings. The van der Waals surface area contributed by atoms with Gasteiger partial charge in [0, 0.05) is 29.2 Å². The Morgan fingerprint density at radius 2 is 1.89 bits per heavy atom. The monoisotopic (exact) mass is 428 g/mol. The molecule has 0 bridgehead atoms. The normalized spacial score (nSPS) is 15.9. The number of halogens is 1. The molecule has 27 heavy (non-hydrogen) atoms. The standard InChI is InChI=1S/C20H17BrN2O4/c1-22-16-9-13(2-6-18(16)27-11-20(22)26)17(24)10-23-15-5-4-14(21)8-12(15)3-7-19(23)25/h2,4-6,8-9H,3,7,10-11H2,1H3. The SMILES string of the molecule is CN1C(=O)COc2ccc(C(=O)CN3C(=O)CCc4cc(Br)ccc43)cc21. The molecule has 2 aliphatic rings. The number of ether oxygens (including phenoxy) is 1. The molecule has 7 heteroatoms. The van der Waals surface area contributed by atoms with Gasteiger partial charge in [0.1, 0.15) is 5.75 Å². The van der Waals surface area contributed by atoms with Gasteiger partial charge in [-0.15, -0.1) is 0 Å². The molecule has 0 aromatic heterocycles. The van der Waals surface area contributed by atoms with Gasteiger partial charge < -0.3 is 14.5 Å². The summed E-state index contributed by atoms with van der Waals surface area (Å²) in [7, 11) is 1.65. The van der Waals surface area contributed by atoms with Crippen LogP contribution in [0.25, 0.3) is 0 Å². The third-order valence-corrected chi connectivity index (χ3v) is 5.40. The minimum atomic E-state index is -0.187. The van der Waals surface area contributed by atoms with Crippen molar-refractivity contribution in [2.24, 2.45) is 0 Å². The number of fused-ring (bicyclic) bond motifs is 2. The highest BCUT2D eigenvalue weighted by molar-refractivity contribution is 9.10. The fourth-order valence-corrected chi connectivity index (χ4v) is 3.79. The van der Waals surface area contributed by atoms with Crippen LogP contribution in [-0.2, 0) is 16.0 Å². The van der Waals surface area contributed by atoms with Crippen LogP contribution in [0.15, 0.2) is 40.9 Å². The van der Waals surface area contributed by atoms with Gasteiger partial charge in [0.15, 0.2) is 12.4 Å². The van der Waals surface area contributed by atoms with Gasteiger partial charge in [-0.05, 0) is 48.4 Å². The van der Waals surface area contributed by atoms with Crippen molar-refractivity contribution in [1.29, 1.82) is 0 Å². The molecule has 0 aliphatic carbocycles. The summed E-state index contributed by atoms with van der Waals surface area (Å²) in [6.45, 7) is -0.0454. The van der Waals surface area contributed by atoms with Gasteiger partial charge in [-0.1, -0.05) is 15.9 Å². The molecule has 0 spiro atoms. The summed E-state index contributed by atoms with van der Waals surface area (Å²) in [6.07, 6.45) is 1.05. The molecule has 0 N–H and O–H groups in total. The van der Waals surface area contributed by atoms with E-state index >= 15 is 0 Å². The van der Waals surface area contributed by atoms with Crippen LogP contribution in [0.2, 0.25) is 0 Å². The van der Waals surface area contributed by atoms with Crippen LogP contribution in [0.5, 0.6) is 5.75 Å². The van der Waals surface area contributed by atoms with Crippen LogP contribution >= 0.6 is 15.9 Å². The number of benzene rings is 2. The van der Waals surface area contributed by atoms with Gasteiger partial charge in [0.25, 0.3) is 5.91 Å². The third kappa shape index (κ3) is 3.23. The second-order valence-electron chi connectivity index (χ2n) is 6.60. The lowest BCUT2D eigenvalue weighted by molar-refractivity contribution is -0.121. The number of hydrogen-bond donors (Lipinski definition) is 0. The number of Topliss-reactive ketones (excluding diaryl/α,β-unsaturated/α-hetero) is 1. The van der Waals surface area contributed by atoms with E-state index in [1.54, 1.807) is 30.1 Å². The van der Waals surface area contributed by atoms with Crippen molar-refractivity contribution in [2.45, 2.75) is 12.8 Å². The number of hydrogen-bond acceptors (Lipinski definition) is 4. The molecular weight excluding hydrogens is 412 g/mol. The number of carbonyl (C=O) groups excluding carboxylic acids is 3. The van der Waals surface area contributed by atoms with E-state index in [-0.39, 0.29) is 30.7 Å². The topological polar surface area (TPSA) is 66.9 Å². The Morgan fingerprint density at radius 3 is 2.70 bits per heavy atom. The molecule has 2 aromatic carbocycles. The lowest BCUT2D eigenvalue weighted by Gasteiger charge is -2.29. The first-order valence-corrected chi connectivity index (χ1v) is 9.39. The Kier molecular flexibility index (Phi) is 4.47. The Morgan fingerprint density at radius 1 is 1.07 bits per heavy atom. The molecule has 0 radical (unpaired) electrons. The highest BCUT2D eigenvalue weighted by Crippen LogP contribution is 2.33. The van der Waals surface area contributed by atoms with E-state index in [2.05, 4.69) is 15.9 Å². The van der Waals surface area contributed by atoms with Crippen molar-refractivity contribution in [1.82, 2.24) is 0 Å². The first-order valence-electron chi connectivity index (χ1n) is 8.59. The second kappa shape index (κ2) is 6.81. The van der Waals surface area contributed by atoms with Gasteiger partial charge in [0.2, 0.25) is 5.91 Å². The third-order valence-electron chi connectivity index (χ3n) is 4.91. The second-order valence-corrected chi connectivity index (χ2v) is 7.52. The van der Waals surface area contributed by atoms with Crippen LogP contribution in [0, 0.1) is 0 Å². The average Bonchev–Trinajstić information content (AvgIpc) is 2.66. The van der Waals surface area contributed by atoms with Crippen molar-refractivity contribution in [3.8, 4) is 5.75 Å². The number of ketones is 1. The van der Waals surface area contributed by atoms with Gasteiger partial charge in [-0.25, -0.2) is 0 Å². The van der Waals surface area contributed by atoms with E-state index in [1.165, 1.54) is 4.90 Å². The largest absolute Gasteiger partial charge is 0.482 e. The zero-order chi connectivity index (χ0) is 19.1. The maximum atomic E-state index is 12.9. The number of rotatable bonds is 3. The van der Waals surface area contributed by atoms with Gasteiger partial charge in [-0.2, -0.15) is 0 Å². The first kappa shape index (κ1) is 17.7. The zero-order valence-electron chi connectivity index (χ0n) is 14.7. The fraction of sp³-hybridized carbons (Fsp3) is 0.250. The van der Waals surface area contributed by atoms with Crippen molar-refractivity contribution in [3.05, 3.63) is 52.0 Å². The molecular formula is C20H17BrN2O4. The Bertz CT molecular complexity index is 972. The van der Waals surface area contributed by atoms with Crippen LogP contribution < -0.4 is 14.5 Å². The molecule has 138 valence electrons. The van der Waals surface area contributed by atoms with Gasteiger partial charge in [0.05, 0.1) is 12.2 Å². The molecule has 0 fully saturated rings. The molecule has 0 saturated carbocycles. The van der Waals surface area contributed by atoms with Crippen LogP contribution in [0.1, 0.15) is 22.3 Å². The number of nitrogens with zero attached hydrogens (tertiary/aromatic N) is 2. The maximum Gasteiger partial charge on any atom is 0.264 e. The summed E-state index contributed by atoms with van der Waals surface area (Å²) in [5.41, 5.74) is 2.82. The molecule has 2 amide bonds. The number of likely N-dealkylation sites (N-methyl/N-ethyl adjacent to an activating group) is 1. The van der Waals surface area contributed by atoms with E-state index in [4.69, 9.17) is 4.74 Å². The van der Waals surface area contributed by atoms with Crippen molar-refractivity contribution >= 4 is 44.9 Å². The highest BCUT2D eigenvalue weighted by atomic mass is 79.9. The molecule has 2 heterocycles. The molecule has 0 atom stereocenters. The number of carbonyl (C=O) groups is 3. The minimum Gasteiger partial charge on any atom is -0.482 e. The molecule has 2 aliphatic heterocycles. The molecule has 0 saturated heterocycles. The van der Waals surface area contributed by atoms with Gasteiger partial charge >= 0.3 is 0 Å². The van der Waals surface area contributed by atoms with E-state index in [0.717, 1.165) is 15.7 Å². The van der Waals surface area contributed by atoms with Gasteiger partial charge in [-0.3, -0.25) is 14.4 Å². The molecule has 0 unspecified atom stereocenters. The zero-order valence-corrected chi connectivity index (χ0v) is 16.3. The fourth-order valence-electron chi connectivity index (χ4n) is 3.38. The number of amides is 2. The predicted octanol–water partition coefficient (Wildman–Crippen LogP) is 2.97. The molecule has 6 nitrogen and oxygen atoms in total. The maximum absolute atomic E-state index is 12.9. The number of anilines is 2. The summed E-state index contributed by atoms with van der Waals surface area (Å²) < 4.78 is 6.34. The summed E-state index contributed by atoms with van der Waals surface area (Å²) in [6, 6.07) is 10.7. The smallest absolute Gasteiger partial charge is 0.264 e. The van der Waals surface area contributed by atoms with E-state index in [0.29, 0.717) is 29.8 Å². The Balaban J connectivity index is 1.62. The predicted molar refractivity (Wildman–Crippen MR) is 104 cm³/mol. The quantitative estimate of drug-likeness (QED) is 0.704. The minimum absolute atomic E-state index is 0.00852. The lowest BCUT2D eigenvalue weighted by Crippen LogP contribution is -2.39. The lowest BCUT2D eigenvalue weighted by atomic mass is 10.00. The highest BCUT2D eigenvalue weighted by Gasteiger charge is 2.28. The van der Waals surface area contributed by atoms with Crippen LogP contribution in [-0.4, -0.2) is 37.8 Å². The van der Waals surface area contributed by atoms with Crippen molar-refractivity contribution in [3.63, 3.8) is 0 Å². The first-order chi connectivity index (χ1) is 12.9. The van der Waals surface area contributed by atoms with Crippen molar-refractivity contribution < 1.29 is 19.1 Å². The summed E-state index contributed by atoms with van der Waals surface area (Å²) in [5, 5.41) is 0. The van der Waals surface area contributed by atoms with Crippen molar-refractivity contribution in [2.75, 3.05) is 30.0 Å². The Hall–Kier alpha value is -2.67. The van der Waals surface area contributed by atoms with E-state index < -0.39 is 0 Å². The Labute approximate surface area is 164 Å². The van der Waals surface area contributed by atoms with Crippen LogP contribution in [0.4, 0.5) is 11.4 Å². The van der Waals surface area contributed by atoms with E-state index in [9.17, 15) is 14.4 Å². The summed E-state index contributed by atoms with van der Waals surface area (Å²) in [5.74, 6) is 0.149. The van der Waals surface area contributed by atoms with Crippen LogP contribution in [0.3, 0.4) is 0 Å². The molecule has 4 rings (SSSR count). The van der Waals surface area contributed by atoms with E-state index in [1.807, 2.05) is 18.2 Å². The summed E-state index contributed by atoms with van der Waals surface area (Å²) in [4.78, 5) is 40.1. The average molecular weight is 429 g/mol. The summed E-state index contributed by atoms with van der Waals surface area (Å²) >= 11 is 3.44.